The van der Waals surface area contributed by atoms with Crippen LogP contribution in [0.2, 0.25) is 0 Å². The number of aryl methyl sites for hydroxylation is 1. The van der Waals surface area contributed by atoms with Crippen molar-refractivity contribution >= 4 is 11.7 Å². The van der Waals surface area contributed by atoms with Crippen LogP contribution in [-0.4, -0.2) is 24.3 Å². The number of ether oxygens (including phenoxy) is 1. The molecule has 2 aromatic carbocycles. The maximum Gasteiger partial charge on any atom is 0.319 e. The molecule has 128 valence electrons. The largest absolute Gasteiger partial charge is 0.494 e. The molecule has 1 unspecified atom stereocenters. The minimum absolute atomic E-state index is 0.110. The molecule has 0 spiro atoms. The Morgan fingerprint density at radius 1 is 1.21 bits per heavy atom. The highest BCUT2D eigenvalue weighted by atomic mass is 16.5. The van der Waals surface area contributed by atoms with Gasteiger partial charge in [-0.25, -0.2) is 4.79 Å². The van der Waals surface area contributed by atoms with Gasteiger partial charge in [0.2, 0.25) is 0 Å². The summed E-state index contributed by atoms with van der Waals surface area (Å²) in [6.45, 7) is 6.21. The van der Waals surface area contributed by atoms with Crippen molar-refractivity contribution in [3.63, 3.8) is 0 Å². The van der Waals surface area contributed by atoms with E-state index in [1.54, 1.807) is 13.0 Å². The summed E-state index contributed by atoms with van der Waals surface area (Å²) in [6.07, 6.45) is 0. The second-order valence-electron chi connectivity index (χ2n) is 5.86. The highest BCUT2D eigenvalue weighted by Gasteiger charge is 2.23. The third-order valence-corrected chi connectivity index (χ3v) is 3.75. The minimum Gasteiger partial charge on any atom is -0.494 e. The van der Waals surface area contributed by atoms with Crippen molar-refractivity contribution in [2.75, 3.05) is 18.5 Å². The lowest BCUT2D eigenvalue weighted by Crippen LogP contribution is -2.40. The van der Waals surface area contributed by atoms with Gasteiger partial charge < -0.3 is 20.5 Å². The first-order chi connectivity index (χ1) is 11.4. The van der Waals surface area contributed by atoms with Crippen LogP contribution in [0.15, 0.2) is 48.5 Å². The fourth-order valence-electron chi connectivity index (χ4n) is 2.35. The van der Waals surface area contributed by atoms with Crippen molar-refractivity contribution in [2.45, 2.75) is 26.4 Å². The van der Waals surface area contributed by atoms with Crippen molar-refractivity contribution in [2.24, 2.45) is 0 Å². The van der Waals surface area contributed by atoms with E-state index in [1.807, 2.05) is 56.3 Å². The molecule has 0 radical (unpaired) electrons. The predicted molar refractivity (Wildman–Crippen MR) is 95.4 cm³/mol. The lowest BCUT2D eigenvalue weighted by atomic mass is 9.96. The summed E-state index contributed by atoms with van der Waals surface area (Å²) in [6, 6.07) is 14.4. The van der Waals surface area contributed by atoms with Crippen LogP contribution in [0, 0.1) is 6.92 Å². The molecule has 24 heavy (non-hydrogen) atoms. The average molecular weight is 328 g/mol. The van der Waals surface area contributed by atoms with Crippen LogP contribution >= 0.6 is 0 Å². The fraction of sp³-hybridized carbons (Fsp3) is 0.316. The quantitative estimate of drug-likeness (QED) is 0.761. The Balaban J connectivity index is 1.94. The Morgan fingerprint density at radius 3 is 2.54 bits per heavy atom. The van der Waals surface area contributed by atoms with Crippen LogP contribution in [0.3, 0.4) is 0 Å². The van der Waals surface area contributed by atoms with Crippen LogP contribution in [0.1, 0.15) is 25.0 Å². The Bertz CT molecular complexity index is 684. The second-order valence-corrected chi connectivity index (χ2v) is 5.86. The topological polar surface area (TPSA) is 70.6 Å². The number of benzene rings is 2. The van der Waals surface area contributed by atoms with Gasteiger partial charge in [-0.2, -0.15) is 0 Å². The first-order valence-corrected chi connectivity index (χ1v) is 7.98. The number of amides is 2. The Morgan fingerprint density at radius 2 is 1.92 bits per heavy atom. The van der Waals surface area contributed by atoms with E-state index in [0.29, 0.717) is 12.3 Å². The number of hydrogen-bond donors (Lipinski definition) is 3. The van der Waals surface area contributed by atoms with Crippen molar-refractivity contribution in [1.82, 2.24) is 5.32 Å². The number of hydrogen-bond acceptors (Lipinski definition) is 3. The SMILES string of the molecule is CCOc1ccc(NC(=O)NCC(C)(O)c2ccccc2)c(C)c1. The van der Waals surface area contributed by atoms with Gasteiger partial charge in [-0.3, -0.25) is 0 Å². The minimum atomic E-state index is -1.13. The van der Waals surface area contributed by atoms with Gasteiger partial charge in [-0.15, -0.1) is 0 Å². The van der Waals surface area contributed by atoms with E-state index >= 15 is 0 Å². The average Bonchev–Trinajstić information content (AvgIpc) is 2.57. The van der Waals surface area contributed by atoms with Gasteiger partial charge in [0.05, 0.1) is 13.2 Å². The van der Waals surface area contributed by atoms with Crippen molar-refractivity contribution < 1.29 is 14.6 Å². The fourth-order valence-corrected chi connectivity index (χ4v) is 2.35. The van der Waals surface area contributed by atoms with E-state index in [4.69, 9.17) is 4.74 Å². The summed E-state index contributed by atoms with van der Waals surface area (Å²) < 4.78 is 5.43. The van der Waals surface area contributed by atoms with E-state index in [-0.39, 0.29) is 12.6 Å². The van der Waals surface area contributed by atoms with Crippen LogP contribution < -0.4 is 15.4 Å². The number of nitrogens with one attached hydrogen (secondary N) is 2. The molecule has 2 amide bonds. The van der Waals surface area contributed by atoms with Gasteiger partial charge >= 0.3 is 6.03 Å². The molecule has 0 aromatic heterocycles. The molecule has 0 aliphatic heterocycles. The second kappa shape index (κ2) is 7.84. The zero-order chi connectivity index (χ0) is 17.6. The highest BCUT2D eigenvalue weighted by Crippen LogP contribution is 2.22. The third-order valence-electron chi connectivity index (χ3n) is 3.75. The normalized spacial score (nSPS) is 13.0. The molecule has 0 saturated carbocycles. The van der Waals surface area contributed by atoms with E-state index in [0.717, 1.165) is 16.9 Å². The zero-order valence-electron chi connectivity index (χ0n) is 14.3. The van der Waals surface area contributed by atoms with Gasteiger partial charge in [0, 0.05) is 5.69 Å². The number of anilines is 1. The number of carbonyl (C=O) groups excluding carboxylic acids is 1. The monoisotopic (exact) mass is 328 g/mol. The Hall–Kier alpha value is -2.53. The van der Waals surface area contributed by atoms with Crippen LogP contribution in [0.25, 0.3) is 0 Å². The lowest BCUT2D eigenvalue weighted by molar-refractivity contribution is 0.0599. The summed E-state index contributed by atoms with van der Waals surface area (Å²) in [4.78, 5) is 12.1. The molecule has 5 nitrogen and oxygen atoms in total. The molecular formula is C19H24N2O3. The van der Waals surface area contributed by atoms with Gasteiger partial charge in [0.25, 0.3) is 0 Å². The van der Waals surface area contributed by atoms with Crippen molar-refractivity contribution in [3.8, 4) is 5.75 Å². The Kier molecular flexibility index (Phi) is 5.82. The zero-order valence-corrected chi connectivity index (χ0v) is 14.3. The molecule has 3 N–H and O–H groups in total. The molecule has 2 rings (SSSR count). The summed E-state index contributed by atoms with van der Waals surface area (Å²) in [5, 5.41) is 16.0. The highest BCUT2D eigenvalue weighted by molar-refractivity contribution is 5.90. The maximum absolute atomic E-state index is 12.1. The predicted octanol–water partition coefficient (Wildman–Crippen LogP) is 3.42. The van der Waals surface area contributed by atoms with E-state index in [9.17, 15) is 9.90 Å². The summed E-state index contributed by atoms with van der Waals surface area (Å²) in [5.74, 6) is 0.771. The van der Waals surface area contributed by atoms with Gasteiger partial charge in [0.15, 0.2) is 0 Å². The lowest BCUT2D eigenvalue weighted by Gasteiger charge is -2.24. The summed E-state index contributed by atoms with van der Waals surface area (Å²) in [7, 11) is 0. The van der Waals surface area contributed by atoms with Gasteiger partial charge in [-0.05, 0) is 50.1 Å². The first kappa shape index (κ1) is 17.8. The molecule has 0 heterocycles. The van der Waals surface area contributed by atoms with E-state index in [2.05, 4.69) is 10.6 Å². The Labute approximate surface area is 142 Å². The molecule has 0 aliphatic rings. The number of urea groups is 1. The molecule has 0 fully saturated rings. The van der Waals surface area contributed by atoms with Crippen LogP contribution in [0.4, 0.5) is 10.5 Å². The molecule has 0 bridgehead atoms. The molecule has 2 aromatic rings. The number of rotatable bonds is 6. The number of aliphatic hydroxyl groups is 1. The van der Waals surface area contributed by atoms with Crippen molar-refractivity contribution in [1.29, 1.82) is 0 Å². The molecular weight excluding hydrogens is 304 g/mol. The first-order valence-electron chi connectivity index (χ1n) is 7.98. The maximum atomic E-state index is 12.1. The van der Waals surface area contributed by atoms with Gasteiger partial charge in [0.1, 0.15) is 11.4 Å². The summed E-state index contributed by atoms with van der Waals surface area (Å²) >= 11 is 0. The molecule has 0 saturated heterocycles. The van der Waals surface area contributed by atoms with Crippen molar-refractivity contribution in [3.05, 3.63) is 59.7 Å². The smallest absolute Gasteiger partial charge is 0.319 e. The number of carbonyl (C=O) groups is 1. The standard InChI is InChI=1S/C19H24N2O3/c1-4-24-16-10-11-17(14(2)12-16)21-18(22)20-13-19(3,23)15-8-6-5-7-9-15/h5-12,23H,4,13H2,1-3H3,(H2,20,21,22). The third kappa shape index (κ3) is 4.73. The van der Waals surface area contributed by atoms with Crippen LogP contribution in [-0.2, 0) is 5.60 Å². The molecule has 0 aliphatic carbocycles. The summed E-state index contributed by atoms with van der Waals surface area (Å²) in [5.41, 5.74) is 1.23. The van der Waals surface area contributed by atoms with E-state index < -0.39 is 5.60 Å². The molecule has 1 atom stereocenters. The molecule has 5 heteroatoms. The van der Waals surface area contributed by atoms with Gasteiger partial charge in [-0.1, -0.05) is 30.3 Å². The van der Waals surface area contributed by atoms with Crippen LogP contribution in [0.5, 0.6) is 5.75 Å². The van der Waals surface area contributed by atoms with E-state index in [1.165, 1.54) is 0 Å².